The molecule has 0 amide bonds. The highest BCUT2D eigenvalue weighted by Crippen LogP contribution is 2.53. The summed E-state index contributed by atoms with van der Waals surface area (Å²) in [5.41, 5.74) is 3.12. The van der Waals surface area contributed by atoms with Crippen LogP contribution < -0.4 is 19.5 Å². The summed E-state index contributed by atoms with van der Waals surface area (Å²) in [5, 5.41) is 13.1. The molecule has 1 fully saturated rings. The second-order valence-electron chi connectivity index (χ2n) is 10.4. The molecule has 0 bridgehead atoms. The van der Waals surface area contributed by atoms with E-state index in [4.69, 9.17) is 14.2 Å². The van der Waals surface area contributed by atoms with Crippen molar-refractivity contribution >= 4 is 0 Å². The minimum atomic E-state index is -0.793. The van der Waals surface area contributed by atoms with Crippen molar-refractivity contribution in [1.29, 1.82) is 0 Å². The van der Waals surface area contributed by atoms with E-state index >= 15 is 0 Å². The van der Waals surface area contributed by atoms with Gasteiger partial charge in [0.15, 0.2) is 6.29 Å². The van der Waals surface area contributed by atoms with Gasteiger partial charge in [0, 0.05) is 35.9 Å². The van der Waals surface area contributed by atoms with E-state index in [1.165, 1.54) is 30.5 Å². The number of benzene rings is 3. The molecule has 0 aliphatic carbocycles. The van der Waals surface area contributed by atoms with Crippen molar-refractivity contribution in [3.63, 3.8) is 0 Å². The summed E-state index contributed by atoms with van der Waals surface area (Å²) in [4.78, 5) is 0. The smallest absolute Gasteiger partial charge is 0.197 e. The Morgan fingerprint density at radius 2 is 1.65 bits per heavy atom. The average Bonchev–Trinajstić information content (AvgIpc) is 2.87. The number of ether oxygens (including phenoxy) is 3. The first-order valence-corrected chi connectivity index (χ1v) is 13.5. The van der Waals surface area contributed by atoms with Crippen LogP contribution in [0.15, 0.2) is 72.8 Å². The van der Waals surface area contributed by atoms with Gasteiger partial charge in [0.05, 0.1) is 7.11 Å². The van der Waals surface area contributed by atoms with Crippen LogP contribution in [-0.2, 0) is 0 Å². The van der Waals surface area contributed by atoms with Crippen LogP contribution in [-0.4, -0.2) is 36.7 Å². The van der Waals surface area contributed by atoms with E-state index in [1.54, 1.807) is 7.11 Å². The number of hydrogen-bond acceptors (Lipinski definition) is 5. The molecule has 2 heterocycles. The van der Waals surface area contributed by atoms with Gasteiger partial charge in [0.1, 0.15) is 22.8 Å². The third-order valence-corrected chi connectivity index (χ3v) is 7.45. The quantitative estimate of drug-likeness (QED) is 0.354. The largest absolute Gasteiger partial charge is 0.497 e. The van der Waals surface area contributed by atoms with Gasteiger partial charge in [-0.25, -0.2) is 0 Å². The second kappa shape index (κ2) is 12.0. The first-order valence-electron chi connectivity index (χ1n) is 13.5. The molecule has 5 rings (SSSR count). The zero-order valence-electron chi connectivity index (χ0n) is 22.7. The summed E-state index contributed by atoms with van der Waals surface area (Å²) >= 11 is 0. The van der Waals surface area contributed by atoms with E-state index in [-0.39, 0.29) is 11.8 Å². The maximum absolute atomic E-state index is 9.82. The van der Waals surface area contributed by atoms with E-state index in [2.05, 4.69) is 68.6 Å². The molecule has 0 saturated carbocycles. The van der Waals surface area contributed by atoms with Crippen LogP contribution in [0.4, 0.5) is 0 Å². The molecule has 2 unspecified atom stereocenters. The van der Waals surface area contributed by atoms with Gasteiger partial charge in [-0.3, -0.25) is 0 Å². The monoisotopic (exact) mass is 503 g/mol. The summed E-state index contributed by atoms with van der Waals surface area (Å²) in [5.74, 6) is 2.50. The van der Waals surface area contributed by atoms with Crippen molar-refractivity contribution in [2.24, 2.45) is 0 Å². The van der Waals surface area contributed by atoms with Crippen LogP contribution in [0.3, 0.4) is 0 Å². The molecule has 0 aromatic heterocycles. The van der Waals surface area contributed by atoms with E-state index in [0.717, 1.165) is 23.1 Å². The molecule has 2 N–H and O–H groups in total. The van der Waals surface area contributed by atoms with E-state index in [0.29, 0.717) is 12.2 Å². The van der Waals surface area contributed by atoms with Gasteiger partial charge in [-0.1, -0.05) is 62.4 Å². The average molecular weight is 504 g/mol. The number of aliphatic hydroxyl groups is 1. The Balaban J connectivity index is 0.000000469. The number of methoxy groups -OCH3 is 1. The van der Waals surface area contributed by atoms with Crippen molar-refractivity contribution in [3.8, 4) is 17.2 Å². The fraction of sp³-hybridized carbons (Fsp3) is 0.438. The van der Waals surface area contributed by atoms with Crippen LogP contribution >= 0.6 is 0 Å². The van der Waals surface area contributed by atoms with Crippen molar-refractivity contribution < 1.29 is 19.3 Å². The molecule has 3 aromatic carbocycles. The third-order valence-electron chi connectivity index (χ3n) is 7.45. The van der Waals surface area contributed by atoms with E-state index in [9.17, 15) is 5.11 Å². The summed E-state index contributed by atoms with van der Waals surface area (Å²) in [6.07, 6.45) is 2.45. The lowest BCUT2D eigenvalue weighted by atomic mass is 9.68. The number of nitrogens with one attached hydrogen (secondary N) is 1. The number of fused-ring (bicyclic) bond motifs is 1. The third kappa shape index (κ3) is 6.28. The SMILES string of the molecule is CCC(O)Oc1ccc([C@@H]2c3ccc(OC)cc3OC(C)(C)[C@H]2c2ccccc2)cc1.CCC1CCN1. The van der Waals surface area contributed by atoms with Crippen molar-refractivity contribution in [1.82, 2.24) is 5.32 Å². The summed E-state index contributed by atoms with van der Waals surface area (Å²) in [7, 11) is 1.67. The van der Waals surface area contributed by atoms with E-state index < -0.39 is 11.9 Å². The molecular weight excluding hydrogens is 462 g/mol. The highest BCUT2D eigenvalue weighted by Gasteiger charge is 2.45. The topological polar surface area (TPSA) is 60.0 Å². The molecule has 0 radical (unpaired) electrons. The maximum atomic E-state index is 9.82. The van der Waals surface area contributed by atoms with Gasteiger partial charge >= 0.3 is 0 Å². The van der Waals surface area contributed by atoms with Crippen LogP contribution in [0.5, 0.6) is 17.2 Å². The van der Waals surface area contributed by atoms with Crippen molar-refractivity contribution in [2.75, 3.05) is 13.7 Å². The summed E-state index contributed by atoms with van der Waals surface area (Å²) in [6, 6.07) is 25.5. The highest BCUT2D eigenvalue weighted by atomic mass is 16.6. The fourth-order valence-corrected chi connectivity index (χ4v) is 5.23. The number of aliphatic hydroxyl groups excluding tert-OH is 1. The Morgan fingerprint density at radius 3 is 2.19 bits per heavy atom. The zero-order valence-corrected chi connectivity index (χ0v) is 22.7. The molecule has 4 atom stereocenters. The molecule has 1 saturated heterocycles. The molecule has 37 heavy (non-hydrogen) atoms. The van der Waals surface area contributed by atoms with E-state index in [1.807, 2.05) is 37.3 Å². The normalized spacial score (nSPS) is 22.3. The fourth-order valence-electron chi connectivity index (χ4n) is 5.23. The summed E-state index contributed by atoms with van der Waals surface area (Å²) < 4.78 is 17.5. The predicted molar refractivity (Wildman–Crippen MR) is 149 cm³/mol. The molecule has 2 aliphatic heterocycles. The Hall–Kier alpha value is -3.02. The van der Waals surface area contributed by atoms with Crippen LogP contribution in [0.1, 0.15) is 75.5 Å². The molecular formula is C32H41NO4. The molecule has 3 aromatic rings. The second-order valence-corrected chi connectivity index (χ2v) is 10.4. The molecule has 5 heteroatoms. The molecule has 198 valence electrons. The minimum Gasteiger partial charge on any atom is -0.497 e. The van der Waals surface area contributed by atoms with Gasteiger partial charge in [0.2, 0.25) is 0 Å². The Bertz CT molecular complexity index is 1120. The standard InChI is InChI=1S/C27H30O4.C5H11N/c1-5-24(28)30-20-13-11-18(12-14-20)25-22-16-15-21(29-4)17-23(22)31-27(2,3)26(25)19-9-7-6-8-10-19;1-2-5-3-4-6-5/h6-17,24-26,28H,5H2,1-4H3;5-6H,2-4H2,1H3/t24?,25-,26+;/m1./s1. The Kier molecular flexibility index (Phi) is 8.78. The lowest BCUT2D eigenvalue weighted by molar-refractivity contribution is -0.0191. The first kappa shape index (κ1) is 27.0. The zero-order chi connectivity index (χ0) is 26.4. The van der Waals surface area contributed by atoms with Crippen molar-refractivity contribution in [2.45, 2.75) is 76.7 Å². The van der Waals surface area contributed by atoms with Crippen LogP contribution in [0.2, 0.25) is 0 Å². The lowest BCUT2D eigenvalue weighted by Crippen LogP contribution is -2.43. The van der Waals surface area contributed by atoms with Gasteiger partial charge in [-0.05, 0) is 62.6 Å². The van der Waals surface area contributed by atoms with Gasteiger partial charge in [-0.2, -0.15) is 0 Å². The first-order chi connectivity index (χ1) is 17.9. The van der Waals surface area contributed by atoms with Gasteiger partial charge in [-0.15, -0.1) is 0 Å². The molecule has 5 nitrogen and oxygen atoms in total. The molecule has 2 aliphatic rings. The Morgan fingerprint density at radius 1 is 0.973 bits per heavy atom. The van der Waals surface area contributed by atoms with Gasteiger partial charge < -0.3 is 24.6 Å². The highest BCUT2D eigenvalue weighted by molar-refractivity contribution is 5.52. The Labute approximate surface area is 221 Å². The minimum absolute atomic E-state index is 0.0946. The maximum Gasteiger partial charge on any atom is 0.197 e. The number of rotatable bonds is 7. The van der Waals surface area contributed by atoms with Gasteiger partial charge in [0.25, 0.3) is 0 Å². The summed E-state index contributed by atoms with van der Waals surface area (Å²) in [6.45, 7) is 9.65. The molecule has 0 spiro atoms. The van der Waals surface area contributed by atoms with Crippen LogP contribution in [0.25, 0.3) is 0 Å². The lowest BCUT2D eigenvalue weighted by Gasteiger charge is -2.45. The predicted octanol–water partition coefficient (Wildman–Crippen LogP) is 6.65. The number of hydrogen-bond donors (Lipinski definition) is 2. The van der Waals surface area contributed by atoms with Crippen molar-refractivity contribution in [3.05, 3.63) is 89.5 Å². The van der Waals surface area contributed by atoms with Crippen LogP contribution in [0, 0.1) is 0 Å².